The normalized spacial score (nSPS) is 8.00. The lowest BCUT2D eigenvalue weighted by molar-refractivity contribution is 0.504. The third-order valence-electron chi connectivity index (χ3n) is 10.9. The van der Waals surface area contributed by atoms with E-state index in [-0.39, 0.29) is 0 Å². The number of aromatic amines is 4. The van der Waals surface area contributed by atoms with E-state index in [4.69, 9.17) is 13.3 Å². The Labute approximate surface area is 682 Å². The Balaban J connectivity index is -0.0000000907. The molecule has 13 heteroatoms. The molecule has 12 aromatic rings. The molecular weight excluding hydrogens is 1380 g/mol. The highest BCUT2D eigenvalue weighted by molar-refractivity contribution is 7.11. The van der Waals surface area contributed by atoms with E-state index < -0.39 is 0 Å². The molecule has 12 aromatic heterocycles. The monoisotopic (exact) mass is 1560 g/mol. The SMILES string of the molecule is CC.CC.CC.CC.CC.CC.CC.CC.CC.CC.CC.CC.Cc1c[nH]c(C)c1.Cc1c[nH]c(C)c1.Cc1cc(C)[nH]n1.Cc1ccc(C)[nH]1.Cc1ccc(C)o1.Cc1ccc(C)s1.Cc1ccn(C)c1.Cc1ccn(C)c1.Cc1coc(C)c1.Cc1coc(C)c1.Cc1csc(C)c1.Cc1csc(C)c1. The first-order chi connectivity index (χ1) is 51.5. The largest absolute Gasteiger partial charge is 0.469 e. The van der Waals surface area contributed by atoms with Gasteiger partial charge in [0.05, 0.1) is 18.2 Å². The summed E-state index contributed by atoms with van der Waals surface area (Å²) in [5.74, 6) is 3.94. The Kier molecular flexibility index (Phi) is 113. The molecule has 0 aromatic carbocycles. The minimum atomic E-state index is 0.984. The van der Waals surface area contributed by atoms with Gasteiger partial charge in [-0.2, -0.15) is 5.10 Å². The van der Waals surface area contributed by atoms with Crippen molar-refractivity contribution in [1.29, 1.82) is 0 Å². The van der Waals surface area contributed by atoms with E-state index in [1.54, 1.807) is 35.2 Å². The van der Waals surface area contributed by atoms with E-state index >= 15 is 0 Å². The zero-order valence-electron chi connectivity index (χ0n) is 79.2. The van der Waals surface area contributed by atoms with Gasteiger partial charge in [0.1, 0.15) is 23.0 Å². The molecule has 0 atom stereocenters. The van der Waals surface area contributed by atoms with Gasteiger partial charge in [0.15, 0.2) is 0 Å². The molecule has 0 bridgehead atoms. The Morgan fingerprint density at radius 1 is 0.296 bits per heavy atom. The first kappa shape index (κ1) is 127. The van der Waals surface area contributed by atoms with Crippen LogP contribution < -0.4 is 0 Å². The highest BCUT2D eigenvalue weighted by Crippen LogP contribution is 2.13. The van der Waals surface area contributed by atoms with Gasteiger partial charge in [-0.1, -0.05) is 166 Å². The summed E-state index contributed by atoms with van der Waals surface area (Å²) < 4.78 is 19.1. The number of thiophene rings is 3. The summed E-state index contributed by atoms with van der Waals surface area (Å²) in [6.45, 7) is 92.9. The van der Waals surface area contributed by atoms with Crippen LogP contribution in [0.3, 0.4) is 0 Å². The molecule has 0 aliphatic rings. The first-order valence-electron chi connectivity index (χ1n) is 40.1. The molecule has 108 heavy (non-hydrogen) atoms. The third-order valence-corrected chi connectivity index (χ3v) is 13.8. The summed E-state index contributed by atoms with van der Waals surface area (Å²) in [6.07, 6.45) is 15.7. The molecule has 624 valence electrons. The minimum Gasteiger partial charge on any atom is -0.469 e. The van der Waals surface area contributed by atoms with Crippen LogP contribution in [0.2, 0.25) is 0 Å². The predicted molar refractivity (Wildman–Crippen MR) is 501 cm³/mol. The van der Waals surface area contributed by atoms with Crippen molar-refractivity contribution in [3.63, 3.8) is 0 Å². The highest BCUT2D eigenvalue weighted by Gasteiger charge is 1.91. The number of nitrogens with one attached hydrogen (secondary N) is 4. The van der Waals surface area contributed by atoms with Gasteiger partial charge in [-0.15, -0.1) is 34.0 Å². The van der Waals surface area contributed by atoms with Crippen LogP contribution in [0.15, 0.2) is 165 Å². The standard InChI is InChI=1S/5C6H9N.3C6H8O.3C6H8S.C5H8N2.12C2H6/c2*1-5-3-6(2)7-4-5;2*1-6-3-4-7(2)5-6;1-5-3-4-6(2)7-5;2*1-5-3-6(2)7-4-5;1-5-3-4-6(2)7-5;2*1-5-3-6(2)7-4-5;1-5-3-4-6(2)7-5;1-4-3-5(2)7-6-4;12*1-2/h2*3-4,7H,1-2H3;2*3-5H,1-2H3;3-4,7H,1-2H3;6*3-4H,1-2H3;3H,1-2H3,(H,6,7);12*1-2H3. The summed E-state index contributed by atoms with van der Waals surface area (Å²) >= 11 is 5.45. The predicted octanol–water partition coefficient (Wildman–Crippen LogP) is 33.7. The Morgan fingerprint density at radius 2 is 0.611 bits per heavy atom. The van der Waals surface area contributed by atoms with Crippen LogP contribution in [0.4, 0.5) is 0 Å². The van der Waals surface area contributed by atoms with Crippen molar-refractivity contribution in [2.24, 2.45) is 14.1 Å². The second-order valence-electron chi connectivity index (χ2n) is 21.2. The number of hydrogen-bond donors (Lipinski definition) is 4. The van der Waals surface area contributed by atoms with Crippen LogP contribution >= 0.6 is 34.0 Å². The van der Waals surface area contributed by atoms with Gasteiger partial charge in [0.25, 0.3) is 0 Å². The van der Waals surface area contributed by atoms with Crippen LogP contribution in [-0.4, -0.2) is 34.3 Å². The molecule has 0 unspecified atom stereocenters. The summed E-state index contributed by atoms with van der Waals surface area (Å²) in [5, 5.41) is 11.0. The fourth-order valence-corrected chi connectivity index (χ4v) is 9.37. The van der Waals surface area contributed by atoms with Crippen LogP contribution in [0.25, 0.3) is 0 Å². The second-order valence-corrected chi connectivity index (χ2v) is 24.9. The molecule has 12 heterocycles. The van der Waals surface area contributed by atoms with E-state index in [1.165, 1.54) is 86.8 Å². The number of H-pyrrole nitrogens is 4. The number of hydrogen-bond acceptors (Lipinski definition) is 7. The molecule has 0 amide bonds. The average molecular weight is 1560 g/mol. The van der Waals surface area contributed by atoms with E-state index in [2.05, 4.69) is 178 Å². The number of nitrogens with zero attached hydrogens (tertiary/aromatic N) is 3. The second kappa shape index (κ2) is 95.6. The molecule has 10 nitrogen and oxygen atoms in total. The molecule has 0 aliphatic carbocycles. The van der Waals surface area contributed by atoms with Crippen molar-refractivity contribution in [2.75, 3.05) is 0 Å². The van der Waals surface area contributed by atoms with Crippen LogP contribution in [0, 0.1) is 152 Å². The smallest absolute Gasteiger partial charge is 0.101 e. The minimum absolute atomic E-state index is 0.984. The Hall–Kier alpha value is -7.45. The van der Waals surface area contributed by atoms with Gasteiger partial charge < -0.3 is 37.3 Å². The fourth-order valence-electron chi connectivity index (χ4n) is 7.20. The lowest BCUT2D eigenvalue weighted by Gasteiger charge is -1.80. The maximum Gasteiger partial charge on any atom is 0.101 e. The molecular formula is C95H173N7O3S3. The molecule has 0 radical (unpaired) electrons. The maximum absolute atomic E-state index is 5.08. The van der Waals surface area contributed by atoms with Crippen LogP contribution in [0.5, 0.6) is 0 Å². The quantitative estimate of drug-likeness (QED) is 0.121. The molecule has 0 aliphatic heterocycles. The summed E-state index contributed by atoms with van der Waals surface area (Å²) in [6, 6.07) is 31.1. The van der Waals surface area contributed by atoms with E-state index in [0.717, 1.165) is 34.4 Å². The zero-order valence-corrected chi connectivity index (χ0v) is 81.7. The maximum atomic E-state index is 5.08. The van der Waals surface area contributed by atoms with Gasteiger partial charge >= 0.3 is 0 Å². The van der Waals surface area contributed by atoms with Crippen molar-refractivity contribution in [1.82, 2.24) is 34.3 Å². The molecule has 0 saturated heterocycles. The number of aromatic nitrogens is 7. The van der Waals surface area contributed by atoms with Gasteiger partial charge in [0.2, 0.25) is 0 Å². The van der Waals surface area contributed by atoms with Crippen molar-refractivity contribution in [3.05, 3.63) is 273 Å². The van der Waals surface area contributed by atoms with Crippen molar-refractivity contribution >= 4 is 34.0 Å². The summed E-state index contributed by atoms with van der Waals surface area (Å²) in [7, 11) is 4.04. The van der Waals surface area contributed by atoms with E-state index in [9.17, 15) is 0 Å². The number of furan rings is 3. The average Bonchev–Trinajstić information content (AvgIpc) is 4.13. The Bertz CT molecular complexity index is 2490. The topological polar surface area (TPSA) is 125 Å². The third kappa shape index (κ3) is 92.8. The van der Waals surface area contributed by atoms with E-state index in [0.29, 0.717) is 0 Å². The van der Waals surface area contributed by atoms with Gasteiger partial charge in [-0.3, -0.25) is 5.10 Å². The fraction of sp³-hybridized carbons (Fsp3) is 0.505. The lowest BCUT2D eigenvalue weighted by Crippen LogP contribution is -1.76. The molecule has 0 spiro atoms. The van der Waals surface area contributed by atoms with Gasteiger partial charge in [-0.05, 0) is 299 Å². The number of aryl methyl sites for hydroxylation is 24. The number of rotatable bonds is 0. The first-order valence-corrected chi connectivity index (χ1v) is 42.7. The highest BCUT2D eigenvalue weighted by atomic mass is 32.1. The lowest BCUT2D eigenvalue weighted by atomic mass is 10.4. The van der Waals surface area contributed by atoms with Crippen molar-refractivity contribution in [2.45, 2.75) is 318 Å². The van der Waals surface area contributed by atoms with Crippen molar-refractivity contribution < 1.29 is 13.3 Å². The van der Waals surface area contributed by atoms with Crippen molar-refractivity contribution in [3.8, 4) is 0 Å². The van der Waals surface area contributed by atoms with Crippen LogP contribution in [0.1, 0.15) is 287 Å². The molecule has 4 N–H and O–H groups in total. The molecule has 12 rings (SSSR count). The molecule has 0 fully saturated rings. The van der Waals surface area contributed by atoms with E-state index in [1.807, 2.05) is 339 Å². The van der Waals surface area contributed by atoms with Gasteiger partial charge in [-0.25, -0.2) is 0 Å². The van der Waals surface area contributed by atoms with Crippen LogP contribution in [-0.2, 0) is 14.1 Å². The Morgan fingerprint density at radius 3 is 0.685 bits per heavy atom. The summed E-state index contributed by atoms with van der Waals surface area (Å²) in [5.41, 5.74) is 17.5. The summed E-state index contributed by atoms with van der Waals surface area (Å²) in [4.78, 5) is 14.9. The molecule has 0 saturated carbocycles. The zero-order chi connectivity index (χ0) is 87.3. The van der Waals surface area contributed by atoms with Gasteiger partial charge in [0, 0.05) is 99.3 Å².